The number of hydrogen-bond acceptors (Lipinski definition) is 2. The SMILES string of the molecule is O=C(O)c1ccc(NC(=O)c2ccc(CC3CCCCC3)cc2)c(Cc2ccccc2)c1. The van der Waals surface area contributed by atoms with Crippen LogP contribution in [0.4, 0.5) is 5.69 Å². The minimum Gasteiger partial charge on any atom is -0.478 e. The number of anilines is 1. The first-order valence-electron chi connectivity index (χ1n) is 11.4. The van der Waals surface area contributed by atoms with Gasteiger partial charge < -0.3 is 10.4 Å². The van der Waals surface area contributed by atoms with Gasteiger partial charge in [-0.1, -0.05) is 74.6 Å². The molecule has 0 saturated heterocycles. The Morgan fingerprint density at radius 2 is 1.50 bits per heavy atom. The van der Waals surface area contributed by atoms with Gasteiger partial charge in [-0.05, 0) is 65.8 Å². The summed E-state index contributed by atoms with van der Waals surface area (Å²) in [6.45, 7) is 0. The molecule has 4 nitrogen and oxygen atoms in total. The molecule has 0 aromatic heterocycles. The van der Waals surface area contributed by atoms with Gasteiger partial charge in [-0.15, -0.1) is 0 Å². The first kappa shape index (κ1) is 21.8. The number of carboxylic acids is 1. The molecule has 2 N–H and O–H groups in total. The Morgan fingerprint density at radius 3 is 2.19 bits per heavy atom. The predicted octanol–water partition coefficient (Wildman–Crippen LogP) is 6.35. The number of benzene rings is 3. The van der Waals surface area contributed by atoms with Gasteiger partial charge in [-0.25, -0.2) is 4.79 Å². The van der Waals surface area contributed by atoms with Crippen LogP contribution in [-0.2, 0) is 12.8 Å². The van der Waals surface area contributed by atoms with Gasteiger partial charge in [0, 0.05) is 11.3 Å². The van der Waals surface area contributed by atoms with E-state index in [0.29, 0.717) is 17.7 Å². The van der Waals surface area contributed by atoms with E-state index in [0.717, 1.165) is 23.5 Å². The number of carbonyl (C=O) groups excluding carboxylic acids is 1. The molecule has 0 bridgehead atoms. The van der Waals surface area contributed by atoms with Crippen molar-refractivity contribution >= 4 is 17.6 Å². The summed E-state index contributed by atoms with van der Waals surface area (Å²) in [5.74, 6) is -0.408. The first-order chi connectivity index (χ1) is 15.6. The molecule has 4 rings (SSSR count). The molecule has 0 radical (unpaired) electrons. The summed E-state index contributed by atoms with van der Waals surface area (Å²) in [6, 6.07) is 22.5. The van der Waals surface area contributed by atoms with Crippen LogP contribution in [0.15, 0.2) is 72.8 Å². The molecule has 164 valence electrons. The van der Waals surface area contributed by atoms with Gasteiger partial charge in [0.05, 0.1) is 5.56 Å². The van der Waals surface area contributed by atoms with Gasteiger partial charge in [-0.2, -0.15) is 0 Å². The summed E-state index contributed by atoms with van der Waals surface area (Å²) in [5, 5.41) is 12.4. The van der Waals surface area contributed by atoms with Gasteiger partial charge in [0.2, 0.25) is 0 Å². The molecule has 0 spiro atoms. The molecule has 1 aliphatic rings. The van der Waals surface area contributed by atoms with Crippen molar-refractivity contribution in [3.8, 4) is 0 Å². The quantitative estimate of drug-likeness (QED) is 0.462. The maximum atomic E-state index is 12.9. The van der Waals surface area contributed by atoms with Crippen molar-refractivity contribution < 1.29 is 14.7 Å². The van der Waals surface area contributed by atoms with Crippen LogP contribution in [0.25, 0.3) is 0 Å². The van der Waals surface area contributed by atoms with E-state index >= 15 is 0 Å². The summed E-state index contributed by atoms with van der Waals surface area (Å²) in [5.41, 5.74) is 4.56. The molecule has 0 aliphatic heterocycles. The third-order valence-corrected chi connectivity index (χ3v) is 6.30. The molecule has 1 aliphatic carbocycles. The minimum atomic E-state index is -0.981. The third-order valence-electron chi connectivity index (χ3n) is 6.30. The molecule has 0 atom stereocenters. The number of nitrogens with one attached hydrogen (secondary N) is 1. The number of amides is 1. The van der Waals surface area contributed by atoms with Crippen LogP contribution in [0.2, 0.25) is 0 Å². The Bertz CT molecular complexity index is 1070. The number of carbonyl (C=O) groups is 2. The van der Waals surface area contributed by atoms with E-state index in [4.69, 9.17) is 0 Å². The highest BCUT2D eigenvalue weighted by atomic mass is 16.4. The van der Waals surface area contributed by atoms with E-state index in [1.54, 1.807) is 12.1 Å². The van der Waals surface area contributed by atoms with E-state index in [2.05, 4.69) is 17.4 Å². The van der Waals surface area contributed by atoms with Crippen LogP contribution in [0, 0.1) is 5.92 Å². The van der Waals surface area contributed by atoms with Gasteiger partial charge >= 0.3 is 5.97 Å². The second-order valence-corrected chi connectivity index (χ2v) is 8.70. The number of aromatic carboxylic acids is 1. The van der Waals surface area contributed by atoms with Crippen molar-refractivity contribution in [3.63, 3.8) is 0 Å². The van der Waals surface area contributed by atoms with Gasteiger partial charge in [-0.3, -0.25) is 4.79 Å². The molecular weight excluding hydrogens is 398 g/mol. The fourth-order valence-electron chi connectivity index (χ4n) is 4.52. The summed E-state index contributed by atoms with van der Waals surface area (Å²) in [7, 11) is 0. The Labute approximate surface area is 189 Å². The summed E-state index contributed by atoms with van der Waals surface area (Å²) >= 11 is 0. The normalized spacial score (nSPS) is 14.1. The van der Waals surface area contributed by atoms with E-state index in [9.17, 15) is 14.7 Å². The average molecular weight is 428 g/mol. The van der Waals surface area contributed by atoms with Crippen LogP contribution in [0.3, 0.4) is 0 Å². The predicted molar refractivity (Wildman–Crippen MR) is 127 cm³/mol. The third kappa shape index (κ3) is 5.64. The van der Waals surface area contributed by atoms with Crippen molar-refractivity contribution in [1.82, 2.24) is 0 Å². The van der Waals surface area contributed by atoms with Crippen LogP contribution < -0.4 is 5.32 Å². The maximum absolute atomic E-state index is 12.9. The molecule has 3 aromatic rings. The molecule has 1 fully saturated rings. The van der Waals surface area contributed by atoms with Gasteiger partial charge in [0.25, 0.3) is 5.91 Å². The topological polar surface area (TPSA) is 66.4 Å². The lowest BCUT2D eigenvalue weighted by Gasteiger charge is -2.21. The highest BCUT2D eigenvalue weighted by molar-refractivity contribution is 6.05. The molecule has 1 saturated carbocycles. The summed E-state index contributed by atoms with van der Waals surface area (Å²) in [4.78, 5) is 24.4. The fraction of sp³-hybridized carbons (Fsp3) is 0.286. The second kappa shape index (κ2) is 10.3. The number of carboxylic acid groups (broad SMARTS) is 1. The molecule has 4 heteroatoms. The Morgan fingerprint density at radius 1 is 0.812 bits per heavy atom. The Kier molecular flexibility index (Phi) is 7.00. The molecule has 0 heterocycles. The monoisotopic (exact) mass is 427 g/mol. The van der Waals surface area contributed by atoms with Crippen molar-refractivity contribution in [2.24, 2.45) is 5.92 Å². The zero-order chi connectivity index (χ0) is 22.3. The Hall–Kier alpha value is -3.40. The second-order valence-electron chi connectivity index (χ2n) is 8.70. The Balaban J connectivity index is 1.48. The highest BCUT2D eigenvalue weighted by Gasteiger charge is 2.15. The highest BCUT2D eigenvalue weighted by Crippen LogP contribution is 2.27. The standard InChI is InChI=1S/C28H29NO3/c30-27(23-13-11-22(12-14-23)17-20-7-3-1-4-8-20)29-26-16-15-24(28(31)32)19-25(26)18-21-9-5-2-6-10-21/h2,5-6,9-16,19-20H,1,3-4,7-8,17-18H2,(H,29,30)(H,31,32). The van der Waals surface area contributed by atoms with Crippen molar-refractivity contribution in [1.29, 1.82) is 0 Å². The summed E-state index contributed by atoms with van der Waals surface area (Å²) < 4.78 is 0. The zero-order valence-corrected chi connectivity index (χ0v) is 18.2. The maximum Gasteiger partial charge on any atom is 0.335 e. The lowest BCUT2D eigenvalue weighted by molar-refractivity contribution is 0.0696. The number of hydrogen-bond donors (Lipinski definition) is 2. The lowest BCUT2D eigenvalue weighted by atomic mass is 9.85. The van der Waals surface area contributed by atoms with Crippen LogP contribution in [-0.4, -0.2) is 17.0 Å². The minimum absolute atomic E-state index is 0.188. The molecule has 1 amide bonds. The van der Waals surface area contributed by atoms with E-state index in [1.165, 1.54) is 43.7 Å². The van der Waals surface area contributed by atoms with Crippen LogP contribution in [0.1, 0.15) is 69.5 Å². The van der Waals surface area contributed by atoms with Crippen LogP contribution in [0.5, 0.6) is 0 Å². The van der Waals surface area contributed by atoms with Crippen molar-refractivity contribution in [2.75, 3.05) is 5.32 Å². The smallest absolute Gasteiger partial charge is 0.335 e. The lowest BCUT2D eigenvalue weighted by Crippen LogP contribution is -2.14. The van der Waals surface area contributed by atoms with Gasteiger partial charge in [0.15, 0.2) is 0 Å². The van der Waals surface area contributed by atoms with Crippen LogP contribution >= 0.6 is 0 Å². The number of rotatable bonds is 7. The fourth-order valence-corrected chi connectivity index (χ4v) is 4.52. The molecule has 3 aromatic carbocycles. The van der Waals surface area contributed by atoms with Crippen molar-refractivity contribution in [2.45, 2.75) is 44.9 Å². The average Bonchev–Trinajstić information content (AvgIpc) is 2.82. The largest absolute Gasteiger partial charge is 0.478 e. The molecular formula is C28H29NO3. The van der Waals surface area contributed by atoms with E-state index in [1.807, 2.05) is 42.5 Å². The summed E-state index contributed by atoms with van der Waals surface area (Å²) in [6.07, 6.45) is 8.25. The molecule has 32 heavy (non-hydrogen) atoms. The van der Waals surface area contributed by atoms with E-state index in [-0.39, 0.29) is 11.5 Å². The zero-order valence-electron chi connectivity index (χ0n) is 18.2. The molecule has 0 unspecified atom stereocenters. The van der Waals surface area contributed by atoms with Crippen molar-refractivity contribution in [3.05, 3.63) is 101 Å². The van der Waals surface area contributed by atoms with Gasteiger partial charge in [0.1, 0.15) is 0 Å². The first-order valence-corrected chi connectivity index (χ1v) is 11.4. The van der Waals surface area contributed by atoms with E-state index < -0.39 is 5.97 Å².